The molecule has 0 unspecified atom stereocenters. The van der Waals surface area contributed by atoms with Gasteiger partial charge in [-0.05, 0) is 23.6 Å². The first-order valence-electron chi connectivity index (χ1n) is 7.27. The Morgan fingerprint density at radius 3 is 2.32 bits per heavy atom. The number of hydrogen-bond donors (Lipinski definition) is 1. The predicted molar refractivity (Wildman–Crippen MR) is 93.0 cm³/mol. The fourth-order valence-corrected chi connectivity index (χ4v) is 2.33. The Balaban J connectivity index is 0.00000242. The number of benzene rings is 2. The van der Waals surface area contributed by atoms with Crippen molar-refractivity contribution in [3.63, 3.8) is 0 Å². The van der Waals surface area contributed by atoms with Crippen molar-refractivity contribution in [2.45, 2.75) is 19.9 Å². The summed E-state index contributed by atoms with van der Waals surface area (Å²) in [6, 6.07) is 18.0. The molecule has 0 aliphatic rings. The van der Waals surface area contributed by atoms with Crippen molar-refractivity contribution in [1.82, 2.24) is 4.90 Å². The van der Waals surface area contributed by atoms with Gasteiger partial charge in [0.2, 0.25) is 5.91 Å². The maximum Gasteiger partial charge on any atom is 0.227 e. The van der Waals surface area contributed by atoms with E-state index in [0.717, 1.165) is 16.7 Å². The van der Waals surface area contributed by atoms with Crippen LogP contribution in [-0.4, -0.2) is 23.9 Å². The minimum atomic E-state index is 0. The van der Waals surface area contributed by atoms with Crippen molar-refractivity contribution in [1.29, 1.82) is 0 Å². The molecule has 0 saturated carbocycles. The molecule has 1 amide bonds. The topological polar surface area (TPSA) is 46.3 Å². The Kier molecular flexibility index (Phi) is 7.64. The molecule has 0 saturated heterocycles. The Morgan fingerprint density at radius 2 is 1.68 bits per heavy atom. The molecule has 0 aromatic heterocycles. The summed E-state index contributed by atoms with van der Waals surface area (Å²) >= 11 is 0. The highest BCUT2D eigenvalue weighted by atomic mass is 35.5. The van der Waals surface area contributed by atoms with Gasteiger partial charge in [-0.1, -0.05) is 54.6 Å². The monoisotopic (exact) mass is 318 g/mol. The van der Waals surface area contributed by atoms with E-state index in [-0.39, 0.29) is 18.3 Å². The maximum absolute atomic E-state index is 12.5. The van der Waals surface area contributed by atoms with Crippen molar-refractivity contribution in [3.8, 4) is 0 Å². The summed E-state index contributed by atoms with van der Waals surface area (Å²) in [5.41, 5.74) is 9.01. The third kappa shape index (κ3) is 5.17. The minimum absolute atomic E-state index is 0. The van der Waals surface area contributed by atoms with Crippen LogP contribution in [0.3, 0.4) is 0 Å². The summed E-state index contributed by atoms with van der Waals surface area (Å²) in [5, 5.41) is 0. The zero-order valence-corrected chi connectivity index (χ0v) is 13.7. The van der Waals surface area contributed by atoms with Crippen LogP contribution in [0.5, 0.6) is 0 Å². The van der Waals surface area contributed by atoms with E-state index < -0.39 is 0 Å². The van der Waals surface area contributed by atoms with Gasteiger partial charge in [-0.2, -0.15) is 0 Å². The number of rotatable bonds is 6. The molecule has 2 N–H and O–H groups in total. The van der Waals surface area contributed by atoms with Gasteiger partial charge in [-0.15, -0.1) is 12.4 Å². The van der Waals surface area contributed by atoms with Gasteiger partial charge in [0.25, 0.3) is 0 Å². The van der Waals surface area contributed by atoms with Crippen molar-refractivity contribution in [2.75, 3.05) is 13.1 Å². The molecule has 0 aliphatic carbocycles. The summed E-state index contributed by atoms with van der Waals surface area (Å²) in [6.07, 6.45) is 0.430. The number of hydrogen-bond acceptors (Lipinski definition) is 2. The lowest BCUT2D eigenvalue weighted by atomic mass is 10.1. The molecule has 2 rings (SSSR count). The van der Waals surface area contributed by atoms with Crippen molar-refractivity contribution in [2.24, 2.45) is 5.73 Å². The van der Waals surface area contributed by atoms with E-state index in [1.54, 1.807) is 0 Å². The zero-order valence-electron chi connectivity index (χ0n) is 12.9. The van der Waals surface area contributed by atoms with Crippen LogP contribution in [0.15, 0.2) is 54.6 Å². The van der Waals surface area contributed by atoms with Crippen LogP contribution < -0.4 is 5.73 Å². The van der Waals surface area contributed by atoms with Crippen LogP contribution >= 0.6 is 12.4 Å². The third-order valence-electron chi connectivity index (χ3n) is 3.57. The van der Waals surface area contributed by atoms with Crippen LogP contribution in [0.2, 0.25) is 0 Å². The number of carbonyl (C=O) groups is 1. The van der Waals surface area contributed by atoms with Gasteiger partial charge in [0.05, 0.1) is 6.42 Å². The zero-order chi connectivity index (χ0) is 15.1. The number of nitrogens with two attached hydrogens (primary N) is 1. The van der Waals surface area contributed by atoms with Gasteiger partial charge in [0.1, 0.15) is 0 Å². The van der Waals surface area contributed by atoms with E-state index in [1.165, 1.54) is 0 Å². The SMILES string of the molecule is Cc1ccccc1CC(=O)N(CCN)Cc1ccccc1.Cl. The lowest BCUT2D eigenvalue weighted by Gasteiger charge is -2.22. The summed E-state index contributed by atoms with van der Waals surface area (Å²) in [5.74, 6) is 0.124. The van der Waals surface area contributed by atoms with Gasteiger partial charge in [0, 0.05) is 19.6 Å². The molecule has 0 radical (unpaired) electrons. The first-order valence-corrected chi connectivity index (χ1v) is 7.27. The molecule has 2 aromatic rings. The Labute approximate surface area is 138 Å². The van der Waals surface area contributed by atoms with Gasteiger partial charge >= 0.3 is 0 Å². The molecule has 0 bridgehead atoms. The summed E-state index contributed by atoms with van der Waals surface area (Å²) in [4.78, 5) is 14.4. The van der Waals surface area contributed by atoms with Crippen LogP contribution in [0.1, 0.15) is 16.7 Å². The van der Waals surface area contributed by atoms with E-state index in [0.29, 0.717) is 26.1 Å². The molecular weight excluding hydrogens is 296 g/mol. The summed E-state index contributed by atoms with van der Waals surface area (Å²) in [6.45, 7) is 3.71. The number of amides is 1. The van der Waals surface area contributed by atoms with Crippen molar-refractivity contribution < 1.29 is 4.79 Å². The quantitative estimate of drug-likeness (QED) is 0.890. The Hall–Kier alpha value is -1.84. The summed E-state index contributed by atoms with van der Waals surface area (Å²) < 4.78 is 0. The molecule has 0 heterocycles. The minimum Gasteiger partial charge on any atom is -0.337 e. The summed E-state index contributed by atoms with van der Waals surface area (Å²) in [7, 11) is 0. The molecule has 0 aliphatic heterocycles. The first-order chi connectivity index (χ1) is 10.2. The molecule has 22 heavy (non-hydrogen) atoms. The van der Waals surface area contributed by atoms with Crippen LogP contribution in [-0.2, 0) is 17.8 Å². The average molecular weight is 319 g/mol. The van der Waals surface area contributed by atoms with Crippen molar-refractivity contribution >= 4 is 18.3 Å². The second kappa shape index (κ2) is 9.23. The van der Waals surface area contributed by atoms with E-state index in [1.807, 2.05) is 66.4 Å². The van der Waals surface area contributed by atoms with Crippen LogP contribution in [0.4, 0.5) is 0 Å². The van der Waals surface area contributed by atoms with E-state index in [4.69, 9.17) is 5.73 Å². The second-order valence-electron chi connectivity index (χ2n) is 5.19. The predicted octanol–water partition coefficient (Wildman–Crippen LogP) is 2.95. The lowest BCUT2D eigenvalue weighted by Crippen LogP contribution is -2.36. The molecule has 118 valence electrons. The average Bonchev–Trinajstić information content (AvgIpc) is 2.50. The lowest BCUT2D eigenvalue weighted by molar-refractivity contribution is -0.131. The standard InChI is InChI=1S/C18H22N2O.ClH/c1-15-7-5-6-10-17(15)13-18(21)20(12-11-19)14-16-8-3-2-4-9-16;/h2-10H,11-14,19H2,1H3;1H. The highest BCUT2D eigenvalue weighted by Gasteiger charge is 2.14. The molecule has 3 nitrogen and oxygen atoms in total. The molecule has 2 aromatic carbocycles. The van der Waals surface area contributed by atoms with Crippen LogP contribution in [0.25, 0.3) is 0 Å². The highest BCUT2D eigenvalue weighted by Crippen LogP contribution is 2.11. The fraction of sp³-hybridized carbons (Fsp3) is 0.278. The van der Waals surface area contributed by atoms with E-state index in [9.17, 15) is 4.79 Å². The normalized spacial score (nSPS) is 9.91. The molecule has 0 fully saturated rings. The molecular formula is C18H23ClN2O. The maximum atomic E-state index is 12.5. The van der Waals surface area contributed by atoms with Gasteiger partial charge < -0.3 is 10.6 Å². The van der Waals surface area contributed by atoms with Crippen LogP contribution in [0, 0.1) is 6.92 Å². The smallest absolute Gasteiger partial charge is 0.227 e. The highest BCUT2D eigenvalue weighted by molar-refractivity contribution is 5.85. The first kappa shape index (κ1) is 18.2. The van der Waals surface area contributed by atoms with Crippen molar-refractivity contribution in [3.05, 3.63) is 71.3 Å². The Bertz CT molecular complexity index is 587. The number of nitrogens with zero attached hydrogens (tertiary/aromatic N) is 1. The van der Waals surface area contributed by atoms with Gasteiger partial charge in [-0.3, -0.25) is 4.79 Å². The van der Waals surface area contributed by atoms with E-state index >= 15 is 0 Å². The van der Waals surface area contributed by atoms with Gasteiger partial charge in [-0.25, -0.2) is 0 Å². The fourth-order valence-electron chi connectivity index (χ4n) is 2.33. The Morgan fingerprint density at radius 1 is 1.05 bits per heavy atom. The molecule has 0 atom stereocenters. The molecule has 4 heteroatoms. The second-order valence-corrected chi connectivity index (χ2v) is 5.19. The number of halogens is 1. The number of carbonyl (C=O) groups excluding carboxylic acids is 1. The van der Waals surface area contributed by atoms with E-state index in [2.05, 4.69) is 0 Å². The molecule has 0 spiro atoms. The number of aryl methyl sites for hydroxylation is 1. The largest absolute Gasteiger partial charge is 0.337 e. The van der Waals surface area contributed by atoms with Gasteiger partial charge in [0.15, 0.2) is 0 Å². The third-order valence-corrected chi connectivity index (χ3v) is 3.57.